The van der Waals surface area contributed by atoms with Gasteiger partial charge in [-0.3, -0.25) is 14.7 Å². The minimum Gasteiger partial charge on any atom is -0.354 e. The summed E-state index contributed by atoms with van der Waals surface area (Å²) < 4.78 is 38.4. The number of ketones is 1. The molecule has 2 aromatic rings. The Hall–Kier alpha value is -2.48. The first-order chi connectivity index (χ1) is 11.9. The molecule has 1 fully saturated rings. The second-order valence-electron chi connectivity index (χ2n) is 5.83. The number of pyridine rings is 2. The third kappa shape index (κ3) is 4.33. The normalized spacial score (nSPS) is 16.0. The highest BCUT2D eigenvalue weighted by Gasteiger charge is 2.31. The summed E-state index contributed by atoms with van der Waals surface area (Å²) in [5.74, 6) is 0.298. The van der Waals surface area contributed by atoms with Crippen molar-refractivity contribution in [2.45, 2.75) is 6.18 Å². The largest absolute Gasteiger partial charge is 0.416 e. The van der Waals surface area contributed by atoms with Crippen molar-refractivity contribution in [3.05, 3.63) is 54.0 Å². The Kier molecular flexibility index (Phi) is 4.98. The molecule has 8 heteroatoms. The first-order valence-electron chi connectivity index (χ1n) is 7.87. The van der Waals surface area contributed by atoms with Crippen LogP contribution >= 0.6 is 0 Å². The number of aromatic nitrogens is 2. The third-order valence-electron chi connectivity index (χ3n) is 4.12. The summed E-state index contributed by atoms with van der Waals surface area (Å²) in [6.07, 6.45) is -0.0606. The Morgan fingerprint density at radius 1 is 1.12 bits per heavy atom. The lowest BCUT2D eigenvalue weighted by molar-refractivity contribution is -0.137. The number of anilines is 1. The van der Waals surface area contributed by atoms with Crippen LogP contribution in [-0.4, -0.2) is 53.4 Å². The minimum absolute atomic E-state index is 0.0151. The Balaban J connectivity index is 1.58. The number of carbonyl (C=O) groups excluding carboxylic acids is 1. The van der Waals surface area contributed by atoms with E-state index in [9.17, 15) is 18.0 Å². The van der Waals surface area contributed by atoms with Crippen LogP contribution in [0.5, 0.6) is 0 Å². The van der Waals surface area contributed by atoms with Gasteiger partial charge in [-0.2, -0.15) is 13.2 Å². The van der Waals surface area contributed by atoms with Crippen molar-refractivity contribution < 1.29 is 18.0 Å². The average molecular weight is 350 g/mol. The predicted octanol–water partition coefficient (Wildman–Crippen LogP) is 2.50. The summed E-state index contributed by atoms with van der Waals surface area (Å²) in [5, 5.41) is 0. The number of piperazine rings is 1. The minimum atomic E-state index is -4.38. The van der Waals surface area contributed by atoms with Gasteiger partial charge in [0, 0.05) is 50.3 Å². The van der Waals surface area contributed by atoms with Crippen LogP contribution in [0, 0.1) is 0 Å². The number of rotatable bonds is 4. The van der Waals surface area contributed by atoms with Crippen LogP contribution in [0.3, 0.4) is 0 Å². The van der Waals surface area contributed by atoms with Gasteiger partial charge >= 0.3 is 6.18 Å². The number of halogens is 3. The molecule has 132 valence electrons. The van der Waals surface area contributed by atoms with Crippen LogP contribution in [0.4, 0.5) is 19.0 Å². The first-order valence-corrected chi connectivity index (χ1v) is 7.87. The summed E-state index contributed by atoms with van der Waals surface area (Å²) in [6.45, 7) is 2.49. The fraction of sp³-hybridized carbons (Fsp3) is 0.353. The van der Waals surface area contributed by atoms with Gasteiger partial charge < -0.3 is 4.90 Å². The molecule has 0 amide bonds. The third-order valence-corrected chi connectivity index (χ3v) is 4.12. The second-order valence-corrected chi connectivity index (χ2v) is 5.83. The number of alkyl halides is 3. The van der Waals surface area contributed by atoms with Gasteiger partial charge in [0.05, 0.1) is 12.1 Å². The molecule has 0 N–H and O–H groups in total. The molecule has 25 heavy (non-hydrogen) atoms. The summed E-state index contributed by atoms with van der Waals surface area (Å²) in [6, 6.07) is 5.46. The Labute approximate surface area is 143 Å². The fourth-order valence-electron chi connectivity index (χ4n) is 2.72. The molecule has 0 saturated carbocycles. The van der Waals surface area contributed by atoms with Crippen LogP contribution in [0.2, 0.25) is 0 Å². The van der Waals surface area contributed by atoms with E-state index in [4.69, 9.17) is 0 Å². The molecule has 0 unspecified atom stereocenters. The van der Waals surface area contributed by atoms with E-state index in [1.165, 1.54) is 12.4 Å². The van der Waals surface area contributed by atoms with Crippen molar-refractivity contribution in [2.75, 3.05) is 37.6 Å². The highest BCUT2D eigenvalue weighted by atomic mass is 19.4. The smallest absolute Gasteiger partial charge is 0.354 e. The molecular formula is C17H17F3N4O. The second kappa shape index (κ2) is 7.18. The molecule has 0 radical (unpaired) electrons. The number of hydrogen-bond donors (Lipinski definition) is 0. The van der Waals surface area contributed by atoms with Crippen molar-refractivity contribution in [3.63, 3.8) is 0 Å². The molecule has 1 aliphatic heterocycles. The molecule has 0 spiro atoms. The van der Waals surface area contributed by atoms with E-state index in [0.717, 1.165) is 12.1 Å². The zero-order valence-corrected chi connectivity index (χ0v) is 13.4. The maximum atomic E-state index is 12.8. The number of nitrogens with zero attached hydrogens (tertiary/aromatic N) is 4. The summed E-state index contributed by atoms with van der Waals surface area (Å²) >= 11 is 0. The molecule has 0 bridgehead atoms. The standard InChI is InChI=1S/C17H17F3N4O/c18-17(19,20)14-3-5-22-16(10-14)24-8-6-23(7-9-24)12-15(25)13-2-1-4-21-11-13/h1-5,10-11H,6-9,12H2. The van der Waals surface area contributed by atoms with Gasteiger partial charge in [-0.1, -0.05) is 0 Å². The summed E-state index contributed by atoms with van der Waals surface area (Å²) in [4.78, 5) is 24.0. The Morgan fingerprint density at radius 3 is 2.52 bits per heavy atom. The van der Waals surface area contributed by atoms with Gasteiger partial charge in [0.2, 0.25) is 0 Å². The van der Waals surface area contributed by atoms with Gasteiger partial charge in [-0.25, -0.2) is 4.98 Å². The lowest BCUT2D eigenvalue weighted by atomic mass is 10.1. The van der Waals surface area contributed by atoms with Crippen molar-refractivity contribution in [2.24, 2.45) is 0 Å². The van der Waals surface area contributed by atoms with Crippen LogP contribution < -0.4 is 4.90 Å². The quantitative estimate of drug-likeness (QED) is 0.793. The van der Waals surface area contributed by atoms with Crippen molar-refractivity contribution in [1.82, 2.24) is 14.9 Å². The highest BCUT2D eigenvalue weighted by Crippen LogP contribution is 2.30. The fourth-order valence-corrected chi connectivity index (χ4v) is 2.72. The molecule has 0 aliphatic carbocycles. The highest BCUT2D eigenvalue weighted by molar-refractivity contribution is 5.97. The number of hydrogen-bond acceptors (Lipinski definition) is 5. The SMILES string of the molecule is O=C(CN1CCN(c2cc(C(F)(F)F)ccn2)CC1)c1cccnc1. The zero-order valence-electron chi connectivity index (χ0n) is 13.4. The molecular weight excluding hydrogens is 333 g/mol. The Bertz CT molecular complexity index is 728. The van der Waals surface area contributed by atoms with Gasteiger partial charge in [0.25, 0.3) is 0 Å². The molecule has 0 aromatic carbocycles. The van der Waals surface area contributed by atoms with Gasteiger partial charge in [-0.15, -0.1) is 0 Å². The molecule has 3 heterocycles. The summed E-state index contributed by atoms with van der Waals surface area (Å²) in [5.41, 5.74) is -0.142. The van der Waals surface area contributed by atoms with Gasteiger partial charge in [-0.05, 0) is 24.3 Å². The van der Waals surface area contributed by atoms with Gasteiger partial charge in [0.15, 0.2) is 5.78 Å². The van der Waals surface area contributed by atoms with E-state index >= 15 is 0 Å². The predicted molar refractivity (Wildman–Crippen MR) is 86.5 cm³/mol. The number of carbonyl (C=O) groups is 1. The van der Waals surface area contributed by atoms with Crippen LogP contribution in [-0.2, 0) is 6.18 Å². The number of Topliss-reactive ketones (excluding diaryl/α,β-unsaturated/α-hetero) is 1. The van der Waals surface area contributed by atoms with E-state index < -0.39 is 11.7 Å². The van der Waals surface area contributed by atoms with E-state index in [1.807, 2.05) is 4.90 Å². The summed E-state index contributed by atoms with van der Waals surface area (Å²) in [7, 11) is 0. The Morgan fingerprint density at radius 2 is 1.88 bits per heavy atom. The molecule has 1 aliphatic rings. The molecule has 5 nitrogen and oxygen atoms in total. The first kappa shape index (κ1) is 17.3. The van der Waals surface area contributed by atoms with E-state index in [2.05, 4.69) is 9.97 Å². The van der Waals surface area contributed by atoms with E-state index in [-0.39, 0.29) is 12.3 Å². The molecule has 1 saturated heterocycles. The van der Waals surface area contributed by atoms with E-state index in [0.29, 0.717) is 37.6 Å². The lowest BCUT2D eigenvalue weighted by Crippen LogP contribution is -2.48. The van der Waals surface area contributed by atoms with E-state index in [1.54, 1.807) is 23.2 Å². The maximum absolute atomic E-state index is 12.8. The molecule has 0 atom stereocenters. The monoisotopic (exact) mass is 350 g/mol. The molecule has 2 aromatic heterocycles. The molecule has 3 rings (SSSR count). The van der Waals surface area contributed by atoms with Crippen molar-refractivity contribution >= 4 is 11.6 Å². The average Bonchev–Trinajstić information content (AvgIpc) is 2.62. The van der Waals surface area contributed by atoms with Crippen LogP contribution in [0.25, 0.3) is 0 Å². The van der Waals surface area contributed by atoms with Crippen molar-refractivity contribution in [3.8, 4) is 0 Å². The van der Waals surface area contributed by atoms with Crippen LogP contribution in [0.15, 0.2) is 42.9 Å². The lowest BCUT2D eigenvalue weighted by Gasteiger charge is -2.35. The van der Waals surface area contributed by atoms with Crippen molar-refractivity contribution in [1.29, 1.82) is 0 Å². The zero-order chi connectivity index (χ0) is 17.9. The topological polar surface area (TPSA) is 49.3 Å². The van der Waals surface area contributed by atoms with Crippen LogP contribution in [0.1, 0.15) is 15.9 Å². The van der Waals surface area contributed by atoms with Gasteiger partial charge in [0.1, 0.15) is 5.82 Å². The maximum Gasteiger partial charge on any atom is 0.416 e.